The molecule has 7 nitrogen and oxygen atoms in total. The first-order chi connectivity index (χ1) is 15.1. The molecular formula is C24H32N4O3. The van der Waals surface area contributed by atoms with Gasteiger partial charge in [0.15, 0.2) is 5.69 Å². The summed E-state index contributed by atoms with van der Waals surface area (Å²) in [5.74, 6) is 0.310. The molecule has 2 N–H and O–H groups in total. The lowest BCUT2D eigenvalue weighted by Crippen LogP contribution is -2.48. The van der Waals surface area contributed by atoms with Gasteiger partial charge >= 0.3 is 0 Å². The molecule has 1 atom stereocenters. The molecule has 0 spiro atoms. The average Bonchev–Trinajstić information content (AvgIpc) is 3.43. The third kappa shape index (κ3) is 5.81. The number of carbonyl (C=O) groups is 1. The lowest BCUT2D eigenvalue weighted by Gasteiger charge is -2.34. The number of oxazole rings is 1. The number of rotatable bonds is 9. The lowest BCUT2D eigenvalue weighted by atomic mass is 10.1. The molecule has 0 saturated carbocycles. The number of piperazine rings is 1. The summed E-state index contributed by atoms with van der Waals surface area (Å²) in [4.78, 5) is 21.5. The van der Waals surface area contributed by atoms with Crippen LogP contribution >= 0.6 is 0 Å². The number of aliphatic hydroxyl groups is 1. The number of aryl methyl sites for hydroxylation is 2. The van der Waals surface area contributed by atoms with Gasteiger partial charge in [0, 0.05) is 38.4 Å². The van der Waals surface area contributed by atoms with Crippen LogP contribution in [0.15, 0.2) is 41.5 Å². The number of carbonyl (C=O) groups excluding carboxylic acids is 1. The summed E-state index contributed by atoms with van der Waals surface area (Å²) >= 11 is 0. The third-order valence-electron chi connectivity index (χ3n) is 6.14. The Labute approximate surface area is 183 Å². The highest BCUT2D eigenvalue weighted by molar-refractivity contribution is 6.02. The second kappa shape index (κ2) is 10.2. The fourth-order valence-electron chi connectivity index (χ4n) is 4.35. The number of allylic oxidation sites excluding steroid dienone is 1. The number of benzene rings is 1. The van der Waals surface area contributed by atoms with Crippen LogP contribution in [0.4, 0.5) is 5.69 Å². The molecule has 7 heteroatoms. The zero-order chi connectivity index (χ0) is 21.6. The molecule has 1 aromatic heterocycles. The molecule has 2 aliphatic rings. The van der Waals surface area contributed by atoms with Crippen molar-refractivity contribution >= 4 is 11.6 Å². The number of hydrogen-bond donors (Lipinski definition) is 2. The van der Waals surface area contributed by atoms with Crippen LogP contribution in [-0.4, -0.2) is 64.6 Å². The van der Waals surface area contributed by atoms with Crippen LogP contribution < -0.4 is 5.32 Å². The average molecular weight is 425 g/mol. The van der Waals surface area contributed by atoms with Crippen LogP contribution in [0.5, 0.6) is 0 Å². The highest BCUT2D eigenvalue weighted by Crippen LogP contribution is 2.25. The number of anilines is 1. The zero-order valence-corrected chi connectivity index (χ0v) is 18.1. The van der Waals surface area contributed by atoms with Gasteiger partial charge < -0.3 is 14.8 Å². The van der Waals surface area contributed by atoms with E-state index in [9.17, 15) is 9.90 Å². The molecular weight excluding hydrogens is 392 g/mol. The number of hydrogen-bond acceptors (Lipinski definition) is 6. The van der Waals surface area contributed by atoms with Gasteiger partial charge in [-0.1, -0.05) is 12.1 Å². The number of aromatic nitrogens is 1. The van der Waals surface area contributed by atoms with Crippen molar-refractivity contribution in [2.45, 2.75) is 44.8 Å². The lowest BCUT2D eigenvalue weighted by molar-refractivity contribution is 0.0642. The molecule has 1 saturated heterocycles. The number of aliphatic hydroxyl groups excluding tert-OH is 1. The number of nitrogens with zero attached hydrogens (tertiary/aromatic N) is 3. The molecule has 166 valence electrons. The van der Waals surface area contributed by atoms with Crippen LogP contribution in [0.3, 0.4) is 0 Å². The van der Waals surface area contributed by atoms with E-state index >= 15 is 0 Å². The minimum atomic E-state index is -0.303. The highest BCUT2D eigenvalue weighted by atomic mass is 16.3. The Morgan fingerprint density at radius 1 is 1.23 bits per heavy atom. The summed E-state index contributed by atoms with van der Waals surface area (Å²) in [6.45, 7) is 8.55. The smallest absolute Gasteiger partial charge is 0.277 e. The summed E-state index contributed by atoms with van der Waals surface area (Å²) in [6.07, 6.45) is 7.97. The fourth-order valence-corrected chi connectivity index (χ4v) is 4.35. The standard InChI is InChI=1S/C24H32N4O3/c1-2-3-7-21(29)15-27-10-12-28(13-11-27)16-23-26-22(17-31-23)24(30)25-20-9-8-18-5-4-6-19(18)14-20/h2,8-9,14,17,21,29H,1,3-7,10-13,15-16H2,(H,25,30)/t21-/m0/s1. The Morgan fingerprint density at radius 3 is 2.81 bits per heavy atom. The predicted octanol–water partition coefficient (Wildman–Crippen LogP) is 2.86. The number of amides is 1. The molecule has 1 amide bonds. The van der Waals surface area contributed by atoms with Crippen LogP contribution in [0.1, 0.15) is 46.8 Å². The van der Waals surface area contributed by atoms with Gasteiger partial charge in [-0.3, -0.25) is 14.6 Å². The minimum absolute atomic E-state index is 0.244. The van der Waals surface area contributed by atoms with Crippen LogP contribution in [0, 0.1) is 0 Å². The van der Waals surface area contributed by atoms with Gasteiger partial charge in [-0.25, -0.2) is 4.98 Å². The van der Waals surface area contributed by atoms with Gasteiger partial charge in [0.25, 0.3) is 5.91 Å². The number of β-amino-alcohol motifs (C(OH)–C–C–N with tert-alkyl or cyclic N) is 1. The van der Waals surface area contributed by atoms with Crippen molar-refractivity contribution in [2.24, 2.45) is 0 Å². The third-order valence-corrected chi connectivity index (χ3v) is 6.14. The summed E-state index contributed by atoms with van der Waals surface area (Å²) in [5, 5.41) is 13.0. The van der Waals surface area contributed by atoms with Crippen molar-refractivity contribution in [3.63, 3.8) is 0 Å². The van der Waals surface area contributed by atoms with E-state index in [0.717, 1.165) is 57.5 Å². The van der Waals surface area contributed by atoms with E-state index < -0.39 is 0 Å². The first-order valence-corrected chi connectivity index (χ1v) is 11.2. The minimum Gasteiger partial charge on any atom is -0.447 e. The molecule has 31 heavy (non-hydrogen) atoms. The Balaban J connectivity index is 1.24. The van der Waals surface area contributed by atoms with Crippen molar-refractivity contribution in [1.82, 2.24) is 14.8 Å². The second-order valence-electron chi connectivity index (χ2n) is 8.51. The molecule has 1 aromatic carbocycles. The Morgan fingerprint density at radius 2 is 2.00 bits per heavy atom. The van der Waals surface area contributed by atoms with Crippen LogP contribution in [-0.2, 0) is 19.4 Å². The van der Waals surface area contributed by atoms with Gasteiger partial charge in [0.1, 0.15) is 6.26 Å². The van der Waals surface area contributed by atoms with Gasteiger partial charge in [-0.2, -0.15) is 0 Å². The monoisotopic (exact) mass is 424 g/mol. The van der Waals surface area contributed by atoms with Gasteiger partial charge in [-0.05, 0) is 55.4 Å². The molecule has 4 rings (SSSR count). The van der Waals surface area contributed by atoms with E-state index in [1.165, 1.54) is 23.8 Å². The molecule has 0 unspecified atom stereocenters. The molecule has 0 bridgehead atoms. The SMILES string of the molecule is C=CCC[C@H](O)CN1CCN(Cc2nc(C(=O)Nc3ccc4c(c3)CCC4)co2)CC1. The first kappa shape index (κ1) is 21.7. The number of nitrogens with one attached hydrogen (secondary N) is 1. The van der Waals surface area contributed by atoms with E-state index in [4.69, 9.17) is 4.42 Å². The molecule has 1 fully saturated rings. The van der Waals surface area contributed by atoms with Gasteiger partial charge in [0.2, 0.25) is 5.89 Å². The van der Waals surface area contributed by atoms with Crippen molar-refractivity contribution in [1.29, 1.82) is 0 Å². The Hall–Kier alpha value is -2.48. The molecule has 0 radical (unpaired) electrons. The summed E-state index contributed by atoms with van der Waals surface area (Å²) in [5.41, 5.74) is 3.82. The van der Waals surface area contributed by atoms with E-state index in [1.807, 2.05) is 12.1 Å². The van der Waals surface area contributed by atoms with Crippen molar-refractivity contribution in [3.8, 4) is 0 Å². The maximum atomic E-state index is 12.6. The van der Waals surface area contributed by atoms with Crippen molar-refractivity contribution < 1.29 is 14.3 Å². The summed E-state index contributed by atoms with van der Waals surface area (Å²) < 4.78 is 5.56. The fraction of sp³-hybridized carbons (Fsp3) is 0.500. The molecule has 2 heterocycles. The van der Waals surface area contributed by atoms with E-state index in [2.05, 4.69) is 38.8 Å². The largest absolute Gasteiger partial charge is 0.447 e. The van der Waals surface area contributed by atoms with E-state index in [1.54, 1.807) is 0 Å². The summed E-state index contributed by atoms with van der Waals surface area (Å²) in [6, 6.07) is 6.12. The second-order valence-corrected chi connectivity index (χ2v) is 8.51. The number of fused-ring (bicyclic) bond motifs is 1. The van der Waals surface area contributed by atoms with Gasteiger partial charge in [-0.15, -0.1) is 6.58 Å². The zero-order valence-electron chi connectivity index (χ0n) is 18.1. The Kier molecular flexibility index (Phi) is 7.17. The van der Waals surface area contributed by atoms with Gasteiger partial charge in [0.05, 0.1) is 12.6 Å². The van der Waals surface area contributed by atoms with Crippen LogP contribution in [0.25, 0.3) is 0 Å². The van der Waals surface area contributed by atoms with Crippen molar-refractivity contribution in [2.75, 3.05) is 38.0 Å². The molecule has 1 aliphatic carbocycles. The highest BCUT2D eigenvalue weighted by Gasteiger charge is 2.21. The maximum absolute atomic E-state index is 12.6. The maximum Gasteiger partial charge on any atom is 0.277 e. The van der Waals surface area contributed by atoms with E-state index in [0.29, 0.717) is 24.7 Å². The normalized spacial score (nSPS) is 18.0. The van der Waals surface area contributed by atoms with Crippen LogP contribution in [0.2, 0.25) is 0 Å². The summed E-state index contributed by atoms with van der Waals surface area (Å²) in [7, 11) is 0. The Bertz CT molecular complexity index is 902. The first-order valence-electron chi connectivity index (χ1n) is 11.2. The molecule has 1 aliphatic heterocycles. The van der Waals surface area contributed by atoms with E-state index in [-0.39, 0.29) is 12.0 Å². The molecule has 2 aromatic rings. The topological polar surface area (TPSA) is 81.8 Å². The predicted molar refractivity (Wildman–Crippen MR) is 120 cm³/mol. The quantitative estimate of drug-likeness (QED) is 0.603. The van der Waals surface area contributed by atoms with Crippen molar-refractivity contribution in [3.05, 3.63) is 59.8 Å².